The first-order valence-electron chi connectivity index (χ1n) is 5.17. The number of halogens is 1. The van der Waals surface area contributed by atoms with Crippen LogP contribution < -0.4 is 5.32 Å². The molecule has 0 aromatic heterocycles. The molecule has 0 aliphatic carbocycles. The fourth-order valence-corrected chi connectivity index (χ4v) is 1.62. The van der Waals surface area contributed by atoms with Gasteiger partial charge in [-0.15, -0.1) is 0 Å². The predicted octanol–water partition coefficient (Wildman–Crippen LogP) is 1.98. The lowest BCUT2D eigenvalue weighted by Gasteiger charge is -2.21. The van der Waals surface area contributed by atoms with Gasteiger partial charge >= 0.3 is 5.97 Å². The minimum absolute atomic E-state index is 0.0302. The second-order valence-corrected chi connectivity index (χ2v) is 4.51. The third-order valence-corrected chi connectivity index (χ3v) is 2.69. The number of ether oxygens (including phenoxy) is 1. The Morgan fingerprint density at radius 1 is 1.59 bits per heavy atom. The summed E-state index contributed by atoms with van der Waals surface area (Å²) in [6, 6.07) is 5.49. The Morgan fingerprint density at radius 2 is 2.24 bits per heavy atom. The molecule has 0 radical (unpaired) electrons. The van der Waals surface area contributed by atoms with Crippen LogP contribution in [-0.4, -0.2) is 30.3 Å². The smallest absolute Gasteiger partial charge is 0.339 e. The van der Waals surface area contributed by atoms with E-state index in [1.165, 1.54) is 14.0 Å². The highest BCUT2D eigenvalue weighted by Gasteiger charge is 2.31. The molecule has 4 nitrogen and oxygen atoms in total. The van der Waals surface area contributed by atoms with Crippen LogP contribution in [0.1, 0.15) is 12.5 Å². The zero-order chi connectivity index (χ0) is 13.1. The third-order valence-electron chi connectivity index (χ3n) is 2.37. The van der Waals surface area contributed by atoms with Crippen LogP contribution in [-0.2, 0) is 9.53 Å². The molecule has 0 bridgehead atoms. The largest absolute Gasteiger partial charge is 0.467 e. The van der Waals surface area contributed by atoms with Gasteiger partial charge in [0, 0.05) is 0 Å². The summed E-state index contributed by atoms with van der Waals surface area (Å²) in [5.41, 5.74) is 0.130. The molecule has 94 valence electrons. The highest BCUT2D eigenvalue weighted by atomic mass is 35.5. The predicted molar refractivity (Wildman–Crippen MR) is 67.3 cm³/mol. The Balaban J connectivity index is 2.70. The first kappa shape index (κ1) is 13.8. The summed E-state index contributed by atoms with van der Waals surface area (Å²) in [6.07, 6.45) is 0. The van der Waals surface area contributed by atoms with E-state index in [-0.39, 0.29) is 6.54 Å². The molecule has 0 spiro atoms. The summed E-state index contributed by atoms with van der Waals surface area (Å²) >= 11 is 6.01. The summed E-state index contributed by atoms with van der Waals surface area (Å²) < 4.78 is 4.49. The Bertz CT molecular complexity index is 418. The van der Waals surface area contributed by atoms with E-state index in [1.54, 1.807) is 12.1 Å². The Labute approximate surface area is 106 Å². The maximum atomic E-state index is 11.2. The van der Waals surface area contributed by atoms with Gasteiger partial charge in [0.25, 0.3) is 0 Å². The maximum Gasteiger partial charge on any atom is 0.339 e. The molecule has 17 heavy (non-hydrogen) atoms. The zero-order valence-electron chi connectivity index (χ0n) is 10.1. The highest BCUT2D eigenvalue weighted by molar-refractivity contribution is 6.33. The number of aliphatic hydroxyl groups is 1. The van der Waals surface area contributed by atoms with Crippen molar-refractivity contribution in [3.63, 3.8) is 0 Å². The number of methoxy groups -OCH3 is 1. The van der Waals surface area contributed by atoms with E-state index in [2.05, 4.69) is 10.1 Å². The van der Waals surface area contributed by atoms with E-state index in [0.29, 0.717) is 10.7 Å². The molecular formula is C12H16ClNO3. The number of rotatable bonds is 4. The molecule has 2 N–H and O–H groups in total. The maximum absolute atomic E-state index is 11.2. The van der Waals surface area contributed by atoms with Gasteiger partial charge in [0.05, 0.1) is 24.4 Å². The van der Waals surface area contributed by atoms with Gasteiger partial charge in [0.1, 0.15) is 0 Å². The number of hydrogen-bond donors (Lipinski definition) is 2. The summed E-state index contributed by atoms with van der Waals surface area (Å²) in [6.45, 7) is 3.34. The topological polar surface area (TPSA) is 58.6 Å². The first-order valence-corrected chi connectivity index (χ1v) is 5.55. The molecule has 0 fully saturated rings. The molecule has 1 aromatic carbocycles. The standard InChI is InChI=1S/C12H16ClNO3/c1-8-4-5-10(9(13)6-8)14-7-12(2,16)11(15)17-3/h4-6,14,16H,7H2,1-3H3. The van der Waals surface area contributed by atoms with E-state index in [0.717, 1.165) is 5.56 Å². The van der Waals surface area contributed by atoms with Crippen molar-refractivity contribution in [3.05, 3.63) is 28.8 Å². The first-order chi connectivity index (χ1) is 7.86. The van der Waals surface area contributed by atoms with Crippen LogP contribution in [0.25, 0.3) is 0 Å². The zero-order valence-corrected chi connectivity index (χ0v) is 10.8. The van der Waals surface area contributed by atoms with Gasteiger partial charge in [-0.2, -0.15) is 0 Å². The van der Waals surface area contributed by atoms with Crippen LogP contribution in [0.15, 0.2) is 18.2 Å². The fourth-order valence-electron chi connectivity index (χ4n) is 1.32. The summed E-state index contributed by atoms with van der Waals surface area (Å²) in [5.74, 6) is -0.687. The quantitative estimate of drug-likeness (QED) is 0.810. The van der Waals surface area contributed by atoms with Crippen molar-refractivity contribution < 1.29 is 14.6 Å². The molecule has 0 heterocycles. The van der Waals surface area contributed by atoms with Crippen LogP contribution in [0, 0.1) is 6.92 Å². The van der Waals surface area contributed by atoms with Crippen molar-refractivity contribution >= 4 is 23.3 Å². The Kier molecular flexibility index (Phi) is 4.37. The molecule has 1 rings (SSSR count). The molecule has 1 unspecified atom stereocenters. The van der Waals surface area contributed by atoms with Crippen molar-refractivity contribution in [2.75, 3.05) is 19.0 Å². The second-order valence-electron chi connectivity index (χ2n) is 4.10. The van der Waals surface area contributed by atoms with Crippen LogP contribution >= 0.6 is 11.6 Å². The van der Waals surface area contributed by atoms with E-state index in [1.807, 2.05) is 13.0 Å². The monoisotopic (exact) mass is 257 g/mol. The lowest BCUT2D eigenvalue weighted by atomic mass is 10.1. The molecular weight excluding hydrogens is 242 g/mol. The van der Waals surface area contributed by atoms with Gasteiger partial charge in [-0.1, -0.05) is 17.7 Å². The van der Waals surface area contributed by atoms with Crippen LogP contribution in [0.4, 0.5) is 5.69 Å². The minimum atomic E-state index is -1.58. The van der Waals surface area contributed by atoms with Gasteiger partial charge < -0.3 is 15.2 Å². The number of esters is 1. The van der Waals surface area contributed by atoms with Crippen LogP contribution in [0.2, 0.25) is 5.02 Å². The molecule has 0 amide bonds. The molecule has 0 saturated carbocycles. The van der Waals surface area contributed by atoms with Gasteiger partial charge in [-0.05, 0) is 31.5 Å². The number of carbonyl (C=O) groups is 1. The Morgan fingerprint density at radius 3 is 2.76 bits per heavy atom. The number of nitrogens with one attached hydrogen (secondary N) is 1. The van der Waals surface area contributed by atoms with Gasteiger partial charge in [0.15, 0.2) is 5.60 Å². The van der Waals surface area contributed by atoms with E-state index >= 15 is 0 Å². The lowest BCUT2D eigenvalue weighted by molar-refractivity contribution is -0.158. The number of anilines is 1. The van der Waals surface area contributed by atoms with Crippen molar-refractivity contribution in [2.24, 2.45) is 0 Å². The summed E-state index contributed by atoms with van der Waals surface area (Å²) in [5, 5.41) is 13.3. The van der Waals surface area contributed by atoms with E-state index in [9.17, 15) is 9.90 Å². The third kappa shape index (κ3) is 3.61. The number of benzene rings is 1. The van der Waals surface area contributed by atoms with E-state index < -0.39 is 11.6 Å². The van der Waals surface area contributed by atoms with Crippen LogP contribution in [0.5, 0.6) is 0 Å². The SMILES string of the molecule is COC(=O)C(C)(O)CNc1ccc(C)cc1Cl. The second kappa shape index (κ2) is 5.38. The van der Waals surface area contributed by atoms with Crippen molar-refractivity contribution in [1.82, 2.24) is 0 Å². The van der Waals surface area contributed by atoms with E-state index in [4.69, 9.17) is 11.6 Å². The molecule has 5 heteroatoms. The minimum Gasteiger partial charge on any atom is -0.467 e. The normalized spacial score (nSPS) is 13.9. The van der Waals surface area contributed by atoms with Crippen LogP contribution in [0.3, 0.4) is 0 Å². The number of carbonyl (C=O) groups excluding carboxylic acids is 1. The van der Waals surface area contributed by atoms with Crippen molar-refractivity contribution in [2.45, 2.75) is 19.4 Å². The molecule has 0 saturated heterocycles. The molecule has 1 atom stereocenters. The van der Waals surface area contributed by atoms with Gasteiger partial charge in [-0.25, -0.2) is 4.79 Å². The van der Waals surface area contributed by atoms with Crippen molar-refractivity contribution in [1.29, 1.82) is 0 Å². The fraction of sp³-hybridized carbons (Fsp3) is 0.417. The average molecular weight is 258 g/mol. The average Bonchev–Trinajstić information content (AvgIpc) is 2.26. The molecule has 1 aromatic rings. The van der Waals surface area contributed by atoms with Crippen molar-refractivity contribution in [3.8, 4) is 0 Å². The van der Waals surface area contributed by atoms with Gasteiger partial charge in [-0.3, -0.25) is 0 Å². The molecule has 0 aliphatic rings. The number of hydrogen-bond acceptors (Lipinski definition) is 4. The Hall–Kier alpha value is -1.26. The highest BCUT2D eigenvalue weighted by Crippen LogP contribution is 2.23. The summed E-state index contributed by atoms with van der Waals surface area (Å²) in [4.78, 5) is 11.2. The lowest BCUT2D eigenvalue weighted by Crippen LogP contribution is -2.42. The number of aryl methyl sites for hydroxylation is 1. The van der Waals surface area contributed by atoms with Gasteiger partial charge in [0.2, 0.25) is 0 Å². The molecule has 0 aliphatic heterocycles. The summed E-state index contributed by atoms with van der Waals surface area (Å²) in [7, 11) is 1.23.